The van der Waals surface area contributed by atoms with Crippen molar-refractivity contribution in [2.45, 2.75) is 51.2 Å². The molecule has 1 amide bonds. The molecule has 21 heavy (non-hydrogen) atoms. The molecule has 0 radical (unpaired) electrons. The van der Waals surface area contributed by atoms with Crippen LogP contribution in [0.2, 0.25) is 0 Å². The quantitative estimate of drug-likeness (QED) is 0.881. The van der Waals surface area contributed by atoms with Crippen molar-refractivity contribution in [3.05, 3.63) is 35.4 Å². The molecule has 0 spiro atoms. The average Bonchev–Trinajstić information content (AvgIpc) is 2.42. The Bertz CT molecular complexity index is 549. The zero-order valence-corrected chi connectivity index (χ0v) is 12.5. The molecular formula is C16H22N2O3. The van der Waals surface area contributed by atoms with Crippen LogP contribution in [0.25, 0.3) is 0 Å². The summed E-state index contributed by atoms with van der Waals surface area (Å²) >= 11 is 0. The van der Waals surface area contributed by atoms with Gasteiger partial charge < -0.3 is 15.7 Å². The minimum Gasteiger partial charge on any atom is -0.480 e. The molecule has 1 aromatic rings. The third kappa shape index (κ3) is 3.82. The number of amides is 1. The van der Waals surface area contributed by atoms with E-state index in [9.17, 15) is 14.7 Å². The highest BCUT2D eigenvalue weighted by Crippen LogP contribution is 2.25. The summed E-state index contributed by atoms with van der Waals surface area (Å²) in [5.41, 5.74) is 7.50. The molecule has 0 saturated heterocycles. The number of nitrogens with two attached hydrogens (primary N) is 1. The number of carbonyl (C=O) groups is 2. The van der Waals surface area contributed by atoms with Crippen LogP contribution < -0.4 is 5.73 Å². The van der Waals surface area contributed by atoms with Crippen molar-refractivity contribution in [2.24, 2.45) is 5.73 Å². The molecule has 0 fully saturated rings. The summed E-state index contributed by atoms with van der Waals surface area (Å²) < 4.78 is 0. The third-order valence-electron chi connectivity index (χ3n) is 3.84. The first-order valence-electron chi connectivity index (χ1n) is 7.16. The van der Waals surface area contributed by atoms with Crippen LogP contribution in [-0.2, 0) is 22.6 Å². The van der Waals surface area contributed by atoms with Crippen LogP contribution in [0.3, 0.4) is 0 Å². The molecule has 1 unspecified atom stereocenters. The van der Waals surface area contributed by atoms with E-state index in [2.05, 4.69) is 0 Å². The van der Waals surface area contributed by atoms with Crippen molar-refractivity contribution in [3.63, 3.8) is 0 Å². The maximum atomic E-state index is 12.4. The molecule has 114 valence electrons. The summed E-state index contributed by atoms with van der Waals surface area (Å²) in [6.45, 7) is 4.08. The summed E-state index contributed by atoms with van der Waals surface area (Å²) in [6.07, 6.45) is 1.18. The molecule has 1 aliphatic rings. The molecule has 1 heterocycles. The maximum absolute atomic E-state index is 12.4. The van der Waals surface area contributed by atoms with Gasteiger partial charge in [-0.3, -0.25) is 4.79 Å². The zero-order valence-electron chi connectivity index (χ0n) is 12.5. The van der Waals surface area contributed by atoms with Gasteiger partial charge >= 0.3 is 5.97 Å². The van der Waals surface area contributed by atoms with Gasteiger partial charge in [-0.05, 0) is 31.4 Å². The fourth-order valence-electron chi connectivity index (χ4n) is 2.58. The van der Waals surface area contributed by atoms with Gasteiger partial charge in [-0.2, -0.15) is 0 Å². The number of hydrogen-bond acceptors (Lipinski definition) is 3. The highest BCUT2D eigenvalue weighted by molar-refractivity contribution is 5.84. The largest absolute Gasteiger partial charge is 0.480 e. The Morgan fingerprint density at radius 3 is 2.52 bits per heavy atom. The first kappa shape index (κ1) is 15.5. The van der Waals surface area contributed by atoms with E-state index in [1.54, 1.807) is 0 Å². The lowest BCUT2D eigenvalue weighted by molar-refractivity contribution is -0.151. The molecule has 0 saturated carbocycles. The predicted molar refractivity (Wildman–Crippen MR) is 79.6 cm³/mol. The standard InChI is InChI=1S/C16H22N2O3/c1-16(2,17)8-7-14(19)18-10-12-6-4-3-5-11(12)9-13(18)15(20)21/h3-6,13H,7-10,17H2,1-2H3,(H,20,21). The Balaban J connectivity index is 2.17. The molecule has 0 bridgehead atoms. The Kier molecular flexibility index (Phi) is 4.32. The number of benzene rings is 1. The Hall–Kier alpha value is -1.88. The molecule has 1 atom stereocenters. The number of nitrogens with zero attached hydrogens (tertiary/aromatic N) is 1. The minimum absolute atomic E-state index is 0.143. The fraction of sp³-hybridized carbons (Fsp3) is 0.500. The van der Waals surface area contributed by atoms with Gasteiger partial charge in [0.25, 0.3) is 0 Å². The zero-order chi connectivity index (χ0) is 15.6. The van der Waals surface area contributed by atoms with E-state index in [-0.39, 0.29) is 12.3 Å². The number of fused-ring (bicyclic) bond motifs is 1. The monoisotopic (exact) mass is 290 g/mol. The first-order chi connectivity index (χ1) is 9.78. The second kappa shape index (κ2) is 5.85. The minimum atomic E-state index is -0.954. The van der Waals surface area contributed by atoms with Gasteiger partial charge in [0.05, 0.1) is 0 Å². The number of rotatable bonds is 4. The summed E-state index contributed by atoms with van der Waals surface area (Å²) in [7, 11) is 0. The van der Waals surface area contributed by atoms with Gasteiger partial charge in [-0.15, -0.1) is 0 Å². The summed E-state index contributed by atoms with van der Waals surface area (Å²) in [5, 5.41) is 9.39. The Morgan fingerprint density at radius 1 is 1.33 bits per heavy atom. The molecule has 0 aliphatic carbocycles. The number of carbonyl (C=O) groups excluding carboxylic acids is 1. The first-order valence-corrected chi connectivity index (χ1v) is 7.16. The van der Waals surface area contributed by atoms with Crippen molar-refractivity contribution < 1.29 is 14.7 Å². The van der Waals surface area contributed by atoms with Crippen molar-refractivity contribution in [1.29, 1.82) is 0 Å². The van der Waals surface area contributed by atoms with E-state index in [1.807, 2.05) is 38.1 Å². The molecular weight excluding hydrogens is 268 g/mol. The third-order valence-corrected chi connectivity index (χ3v) is 3.84. The SMILES string of the molecule is CC(C)(N)CCC(=O)N1Cc2ccccc2CC1C(=O)O. The second-order valence-corrected chi connectivity index (χ2v) is 6.34. The second-order valence-electron chi connectivity index (χ2n) is 6.34. The van der Waals surface area contributed by atoms with E-state index in [4.69, 9.17) is 5.73 Å². The lowest BCUT2D eigenvalue weighted by Gasteiger charge is -2.35. The Labute approximate surface area is 124 Å². The topological polar surface area (TPSA) is 83.6 Å². The van der Waals surface area contributed by atoms with Crippen LogP contribution in [-0.4, -0.2) is 33.5 Å². The van der Waals surface area contributed by atoms with Crippen LogP contribution in [0.1, 0.15) is 37.8 Å². The van der Waals surface area contributed by atoms with Gasteiger partial charge in [-0.25, -0.2) is 4.79 Å². The number of aliphatic carboxylic acids is 1. The van der Waals surface area contributed by atoms with Crippen LogP contribution in [0.15, 0.2) is 24.3 Å². The molecule has 1 aromatic carbocycles. The van der Waals surface area contributed by atoms with Crippen molar-refractivity contribution >= 4 is 11.9 Å². The summed E-state index contributed by atoms with van der Waals surface area (Å²) in [4.78, 5) is 25.3. The van der Waals surface area contributed by atoms with E-state index >= 15 is 0 Å². The van der Waals surface area contributed by atoms with E-state index in [0.717, 1.165) is 11.1 Å². The molecule has 3 N–H and O–H groups in total. The van der Waals surface area contributed by atoms with Gasteiger partial charge in [0.2, 0.25) is 5.91 Å². The predicted octanol–water partition coefficient (Wildman–Crippen LogP) is 1.54. The number of hydrogen-bond donors (Lipinski definition) is 2. The maximum Gasteiger partial charge on any atom is 0.326 e. The van der Waals surface area contributed by atoms with Crippen LogP contribution >= 0.6 is 0 Å². The lowest BCUT2D eigenvalue weighted by atomic mass is 9.92. The number of carboxylic acid groups (broad SMARTS) is 1. The van der Waals surface area contributed by atoms with Crippen LogP contribution in [0.5, 0.6) is 0 Å². The summed E-state index contributed by atoms with van der Waals surface area (Å²) in [5.74, 6) is -1.10. The van der Waals surface area contributed by atoms with E-state index in [0.29, 0.717) is 19.4 Å². The average molecular weight is 290 g/mol. The fourth-order valence-corrected chi connectivity index (χ4v) is 2.58. The van der Waals surface area contributed by atoms with E-state index < -0.39 is 17.6 Å². The van der Waals surface area contributed by atoms with Crippen LogP contribution in [0, 0.1) is 0 Å². The van der Waals surface area contributed by atoms with Crippen LogP contribution in [0.4, 0.5) is 0 Å². The highest BCUT2D eigenvalue weighted by Gasteiger charge is 2.34. The smallest absolute Gasteiger partial charge is 0.326 e. The molecule has 2 rings (SSSR count). The molecule has 5 heteroatoms. The number of carboxylic acids is 1. The molecule has 5 nitrogen and oxygen atoms in total. The van der Waals surface area contributed by atoms with E-state index in [1.165, 1.54) is 4.90 Å². The van der Waals surface area contributed by atoms with Gasteiger partial charge in [-0.1, -0.05) is 24.3 Å². The molecule has 1 aliphatic heterocycles. The Morgan fingerprint density at radius 2 is 1.95 bits per heavy atom. The van der Waals surface area contributed by atoms with Crippen molar-refractivity contribution in [2.75, 3.05) is 0 Å². The van der Waals surface area contributed by atoms with Gasteiger partial charge in [0.15, 0.2) is 0 Å². The highest BCUT2D eigenvalue weighted by atomic mass is 16.4. The molecule has 0 aromatic heterocycles. The van der Waals surface area contributed by atoms with Crippen molar-refractivity contribution in [3.8, 4) is 0 Å². The van der Waals surface area contributed by atoms with Gasteiger partial charge in [0, 0.05) is 24.9 Å². The normalized spacial score (nSPS) is 18.2. The lowest BCUT2D eigenvalue weighted by Crippen LogP contribution is -2.49. The van der Waals surface area contributed by atoms with Crippen molar-refractivity contribution in [1.82, 2.24) is 4.90 Å². The van der Waals surface area contributed by atoms with Gasteiger partial charge in [0.1, 0.15) is 6.04 Å². The summed E-state index contributed by atoms with van der Waals surface area (Å²) in [6, 6.07) is 6.89.